The van der Waals surface area contributed by atoms with Gasteiger partial charge < -0.3 is 16.4 Å². The first-order valence-corrected chi connectivity index (χ1v) is 7.42. The summed E-state index contributed by atoms with van der Waals surface area (Å²) in [6, 6.07) is 8.72. The van der Waals surface area contributed by atoms with Crippen LogP contribution in [0.2, 0.25) is 0 Å². The van der Waals surface area contributed by atoms with Crippen LogP contribution in [0.5, 0.6) is 0 Å². The van der Waals surface area contributed by atoms with Gasteiger partial charge in [0.15, 0.2) is 0 Å². The standard InChI is InChI=1S/C17H20N4O2/c1-12-4-5-14(15(11-12)20-16(22)3-2-8-18)21-17(23)13-6-9-19-10-7-13/h4-7,9-11H,2-3,8,18H2,1H3,(H,20,22)(H,21,23). The van der Waals surface area contributed by atoms with E-state index in [1.807, 2.05) is 19.1 Å². The zero-order valence-electron chi connectivity index (χ0n) is 13.0. The molecule has 0 spiro atoms. The molecule has 4 N–H and O–H groups in total. The van der Waals surface area contributed by atoms with Gasteiger partial charge in [-0.2, -0.15) is 0 Å². The molecule has 23 heavy (non-hydrogen) atoms. The molecule has 0 saturated heterocycles. The van der Waals surface area contributed by atoms with Gasteiger partial charge in [-0.25, -0.2) is 0 Å². The van der Waals surface area contributed by atoms with Gasteiger partial charge in [0.2, 0.25) is 5.91 Å². The summed E-state index contributed by atoms with van der Waals surface area (Å²) in [4.78, 5) is 28.0. The highest BCUT2D eigenvalue weighted by atomic mass is 16.2. The van der Waals surface area contributed by atoms with Crippen LogP contribution in [-0.2, 0) is 4.79 Å². The van der Waals surface area contributed by atoms with E-state index in [9.17, 15) is 9.59 Å². The second-order valence-electron chi connectivity index (χ2n) is 5.18. The lowest BCUT2D eigenvalue weighted by atomic mass is 10.1. The van der Waals surface area contributed by atoms with E-state index in [0.29, 0.717) is 36.3 Å². The first-order chi connectivity index (χ1) is 11.1. The number of hydrogen-bond donors (Lipinski definition) is 3. The zero-order valence-corrected chi connectivity index (χ0v) is 13.0. The summed E-state index contributed by atoms with van der Waals surface area (Å²) < 4.78 is 0. The van der Waals surface area contributed by atoms with Crippen molar-refractivity contribution in [1.29, 1.82) is 0 Å². The van der Waals surface area contributed by atoms with Gasteiger partial charge in [0.05, 0.1) is 11.4 Å². The van der Waals surface area contributed by atoms with E-state index in [4.69, 9.17) is 5.73 Å². The van der Waals surface area contributed by atoms with E-state index in [2.05, 4.69) is 15.6 Å². The molecule has 6 heteroatoms. The Morgan fingerprint density at radius 3 is 2.52 bits per heavy atom. The third kappa shape index (κ3) is 4.89. The number of rotatable bonds is 6. The van der Waals surface area contributed by atoms with Crippen molar-refractivity contribution in [3.63, 3.8) is 0 Å². The summed E-state index contributed by atoms with van der Waals surface area (Å²) in [5.74, 6) is -0.380. The van der Waals surface area contributed by atoms with Crippen LogP contribution >= 0.6 is 0 Å². The quantitative estimate of drug-likeness (QED) is 0.762. The van der Waals surface area contributed by atoms with Crippen LogP contribution in [0.4, 0.5) is 11.4 Å². The van der Waals surface area contributed by atoms with Crippen molar-refractivity contribution in [1.82, 2.24) is 4.98 Å². The highest BCUT2D eigenvalue weighted by molar-refractivity contribution is 6.07. The monoisotopic (exact) mass is 312 g/mol. The van der Waals surface area contributed by atoms with Crippen LogP contribution < -0.4 is 16.4 Å². The second kappa shape index (κ2) is 8.05. The van der Waals surface area contributed by atoms with Gasteiger partial charge in [0.25, 0.3) is 5.91 Å². The van der Waals surface area contributed by atoms with Crippen LogP contribution in [0.1, 0.15) is 28.8 Å². The van der Waals surface area contributed by atoms with Crippen LogP contribution in [0.3, 0.4) is 0 Å². The molecule has 0 radical (unpaired) electrons. The van der Waals surface area contributed by atoms with Gasteiger partial charge in [-0.3, -0.25) is 14.6 Å². The fraction of sp³-hybridized carbons (Fsp3) is 0.235. The Kier molecular flexibility index (Phi) is 5.82. The number of carbonyl (C=O) groups is 2. The maximum Gasteiger partial charge on any atom is 0.255 e. The van der Waals surface area contributed by atoms with Crippen LogP contribution in [0.15, 0.2) is 42.7 Å². The van der Waals surface area contributed by atoms with E-state index in [0.717, 1.165) is 5.56 Å². The van der Waals surface area contributed by atoms with Crippen molar-refractivity contribution in [3.8, 4) is 0 Å². The fourth-order valence-electron chi connectivity index (χ4n) is 2.04. The van der Waals surface area contributed by atoms with Crippen LogP contribution in [0.25, 0.3) is 0 Å². The van der Waals surface area contributed by atoms with Crippen LogP contribution in [-0.4, -0.2) is 23.3 Å². The maximum atomic E-state index is 12.2. The number of amides is 2. The predicted octanol–water partition coefficient (Wildman–Crippen LogP) is 2.32. The summed E-state index contributed by atoms with van der Waals surface area (Å²) in [6.07, 6.45) is 4.08. The normalized spacial score (nSPS) is 10.2. The second-order valence-corrected chi connectivity index (χ2v) is 5.18. The van der Waals surface area contributed by atoms with Crippen LogP contribution in [0, 0.1) is 6.92 Å². The van der Waals surface area contributed by atoms with Crippen molar-refractivity contribution in [2.24, 2.45) is 5.73 Å². The first-order valence-electron chi connectivity index (χ1n) is 7.42. The van der Waals surface area contributed by atoms with E-state index in [-0.39, 0.29) is 11.8 Å². The number of benzene rings is 1. The van der Waals surface area contributed by atoms with Crippen molar-refractivity contribution in [3.05, 3.63) is 53.9 Å². The van der Waals surface area contributed by atoms with Gasteiger partial charge in [-0.1, -0.05) is 6.07 Å². The molecule has 1 aromatic carbocycles. The molecule has 6 nitrogen and oxygen atoms in total. The molecule has 0 aliphatic rings. The molecule has 2 aromatic rings. The van der Waals surface area contributed by atoms with Crippen molar-refractivity contribution >= 4 is 23.2 Å². The number of aryl methyl sites for hydroxylation is 1. The number of carbonyl (C=O) groups excluding carboxylic acids is 2. The molecule has 0 bridgehead atoms. The largest absolute Gasteiger partial charge is 0.330 e. The third-order valence-corrected chi connectivity index (χ3v) is 3.25. The minimum Gasteiger partial charge on any atom is -0.330 e. The number of aromatic nitrogens is 1. The van der Waals surface area contributed by atoms with Gasteiger partial charge in [0.1, 0.15) is 0 Å². The highest BCUT2D eigenvalue weighted by Crippen LogP contribution is 2.24. The summed E-state index contributed by atoms with van der Waals surface area (Å²) >= 11 is 0. The summed E-state index contributed by atoms with van der Waals surface area (Å²) in [5, 5.41) is 5.63. The number of pyridine rings is 1. The van der Waals surface area contributed by atoms with Gasteiger partial charge in [-0.15, -0.1) is 0 Å². The lowest BCUT2D eigenvalue weighted by Crippen LogP contribution is -2.17. The lowest BCUT2D eigenvalue weighted by molar-refractivity contribution is -0.116. The Balaban J connectivity index is 2.15. The topological polar surface area (TPSA) is 97.1 Å². The van der Waals surface area contributed by atoms with Gasteiger partial charge in [0, 0.05) is 24.4 Å². The average molecular weight is 312 g/mol. The number of nitrogens with two attached hydrogens (primary N) is 1. The van der Waals surface area contributed by atoms with Gasteiger partial charge >= 0.3 is 0 Å². The Hall–Kier alpha value is -2.73. The van der Waals surface area contributed by atoms with Crippen molar-refractivity contribution < 1.29 is 9.59 Å². The molecule has 120 valence electrons. The highest BCUT2D eigenvalue weighted by Gasteiger charge is 2.11. The molecule has 1 heterocycles. The molecule has 0 fully saturated rings. The minimum absolute atomic E-state index is 0.125. The maximum absolute atomic E-state index is 12.2. The van der Waals surface area contributed by atoms with Gasteiger partial charge in [-0.05, 0) is 49.7 Å². The molecule has 0 saturated carbocycles. The number of nitrogens with zero attached hydrogens (tertiary/aromatic N) is 1. The molecular formula is C17H20N4O2. The molecule has 2 rings (SSSR count). The lowest BCUT2D eigenvalue weighted by Gasteiger charge is -2.13. The fourth-order valence-corrected chi connectivity index (χ4v) is 2.04. The predicted molar refractivity (Wildman–Crippen MR) is 90.3 cm³/mol. The van der Waals surface area contributed by atoms with Crippen molar-refractivity contribution in [2.75, 3.05) is 17.2 Å². The molecular weight excluding hydrogens is 292 g/mol. The third-order valence-electron chi connectivity index (χ3n) is 3.25. The summed E-state index contributed by atoms with van der Waals surface area (Å²) in [6.45, 7) is 2.39. The average Bonchev–Trinajstić information content (AvgIpc) is 2.56. The molecule has 0 aliphatic carbocycles. The smallest absolute Gasteiger partial charge is 0.255 e. The number of anilines is 2. The SMILES string of the molecule is Cc1ccc(NC(=O)c2ccncc2)c(NC(=O)CCCN)c1. The Morgan fingerprint density at radius 1 is 1.09 bits per heavy atom. The van der Waals surface area contributed by atoms with E-state index < -0.39 is 0 Å². The zero-order chi connectivity index (χ0) is 16.7. The molecule has 0 atom stereocenters. The molecule has 2 amide bonds. The minimum atomic E-state index is -0.256. The molecule has 0 aliphatic heterocycles. The Morgan fingerprint density at radius 2 is 1.83 bits per heavy atom. The van der Waals surface area contributed by atoms with E-state index in [1.54, 1.807) is 30.6 Å². The Labute approximate surface area is 135 Å². The Bertz CT molecular complexity index is 686. The van der Waals surface area contributed by atoms with E-state index >= 15 is 0 Å². The number of hydrogen-bond acceptors (Lipinski definition) is 4. The molecule has 1 aromatic heterocycles. The first kappa shape index (κ1) is 16.6. The summed E-state index contributed by atoms with van der Waals surface area (Å²) in [5.41, 5.74) is 8.03. The van der Waals surface area contributed by atoms with E-state index in [1.165, 1.54) is 0 Å². The number of nitrogens with one attached hydrogen (secondary N) is 2. The summed E-state index contributed by atoms with van der Waals surface area (Å²) in [7, 11) is 0. The molecule has 0 unspecified atom stereocenters. The van der Waals surface area contributed by atoms with Crippen molar-refractivity contribution in [2.45, 2.75) is 19.8 Å².